The molecule has 0 aromatic heterocycles. The van der Waals surface area contributed by atoms with Crippen molar-refractivity contribution in [1.29, 1.82) is 0 Å². The Balaban J connectivity index is 2.52. The monoisotopic (exact) mass is 286 g/mol. The van der Waals surface area contributed by atoms with E-state index in [-0.39, 0.29) is 11.1 Å². The van der Waals surface area contributed by atoms with Crippen molar-refractivity contribution in [2.45, 2.75) is 6.04 Å². The zero-order valence-corrected chi connectivity index (χ0v) is 10.4. The summed E-state index contributed by atoms with van der Waals surface area (Å²) in [5, 5.41) is 0.291. The van der Waals surface area contributed by atoms with E-state index in [1.54, 1.807) is 0 Å². The average Bonchev–Trinajstić information content (AvgIpc) is 2.36. The zero-order valence-electron chi connectivity index (χ0n) is 9.63. The third kappa shape index (κ3) is 2.89. The van der Waals surface area contributed by atoms with Crippen LogP contribution in [0.5, 0.6) is 0 Å². The maximum atomic E-state index is 13.8. The maximum absolute atomic E-state index is 13.8. The first-order valence-electron chi connectivity index (χ1n) is 5.39. The molecule has 3 N–H and O–H groups in total. The fraction of sp³-hybridized carbons (Fsp3) is 0.0769. The summed E-state index contributed by atoms with van der Waals surface area (Å²) in [6, 6.07) is 5.89. The van der Waals surface area contributed by atoms with Gasteiger partial charge in [0.1, 0.15) is 17.5 Å². The van der Waals surface area contributed by atoms with E-state index in [1.165, 1.54) is 18.2 Å². The summed E-state index contributed by atoms with van der Waals surface area (Å²) in [4.78, 5) is 0. The molecule has 0 aliphatic heterocycles. The quantitative estimate of drug-likeness (QED) is 0.671. The Morgan fingerprint density at radius 1 is 0.947 bits per heavy atom. The molecule has 100 valence electrons. The van der Waals surface area contributed by atoms with Gasteiger partial charge in [-0.1, -0.05) is 17.7 Å². The highest BCUT2D eigenvalue weighted by Gasteiger charge is 2.20. The van der Waals surface area contributed by atoms with Crippen molar-refractivity contribution in [3.8, 4) is 0 Å². The highest BCUT2D eigenvalue weighted by Crippen LogP contribution is 2.28. The van der Waals surface area contributed by atoms with Crippen LogP contribution in [0.4, 0.5) is 13.2 Å². The molecule has 0 aliphatic carbocycles. The molecule has 6 heteroatoms. The molecule has 0 amide bonds. The van der Waals surface area contributed by atoms with Gasteiger partial charge in [0.05, 0.1) is 6.04 Å². The summed E-state index contributed by atoms with van der Waals surface area (Å²) in [5.41, 5.74) is 2.42. The van der Waals surface area contributed by atoms with Crippen molar-refractivity contribution in [2.75, 3.05) is 0 Å². The van der Waals surface area contributed by atoms with Crippen LogP contribution in [-0.2, 0) is 0 Å². The van der Waals surface area contributed by atoms with Crippen molar-refractivity contribution in [2.24, 2.45) is 5.84 Å². The Labute approximate surface area is 113 Å². The molecule has 0 saturated heterocycles. The minimum Gasteiger partial charge on any atom is -0.271 e. The Morgan fingerprint density at radius 3 is 2.32 bits per heavy atom. The van der Waals surface area contributed by atoms with Gasteiger partial charge >= 0.3 is 0 Å². The molecular weight excluding hydrogens is 277 g/mol. The van der Waals surface area contributed by atoms with E-state index in [9.17, 15) is 13.2 Å². The van der Waals surface area contributed by atoms with Gasteiger partial charge in [0.2, 0.25) is 0 Å². The van der Waals surface area contributed by atoms with Crippen LogP contribution in [0, 0.1) is 17.5 Å². The molecule has 0 spiro atoms. The lowest BCUT2D eigenvalue weighted by Crippen LogP contribution is -2.30. The topological polar surface area (TPSA) is 38.0 Å². The lowest BCUT2D eigenvalue weighted by atomic mass is 9.98. The Kier molecular flexibility index (Phi) is 4.09. The fourth-order valence-electron chi connectivity index (χ4n) is 1.82. The SMILES string of the molecule is NNC(c1ccc(F)cc1F)c1cc(Cl)ccc1F. The lowest BCUT2D eigenvalue weighted by Gasteiger charge is -2.18. The van der Waals surface area contributed by atoms with E-state index >= 15 is 0 Å². The van der Waals surface area contributed by atoms with Gasteiger partial charge in [0, 0.05) is 22.2 Å². The van der Waals surface area contributed by atoms with Crippen LogP contribution in [0.2, 0.25) is 5.02 Å². The van der Waals surface area contributed by atoms with Crippen molar-refractivity contribution in [3.05, 3.63) is 70.0 Å². The second kappa shape index (κ2) is 5.61. The highest BCUT2D eigenvalue weighted by molar-refractivity contribution is 6.30. The molecule has 0 heterocycles. The number of nitrogens with one attached hydrogen (secondary N) is 1. The largest absolute Gasteiger partial charge is 0.271 e. The van der Waals surface area contributed by atoms with Gasteiger partial charge < -0.3 is 0 Å². The third-order valence-corrected chi connectivity index (χ3v) is 2.94. The molecule has 0 radical (unpaired) electrons. The molecule has 2 nitrogen and oxygen atoms in total. The van der Waals surface area contributed by atoms with Crippen LogP contribution in [-0.4, -0.2) is 0 Å². The number of hydrogen-bond donors (Lipinski definition) is 2. The number of rotatable bonds is 3. The number of hydrogen-bond acceptors (Lipinski definition) is 2. The molecule has 0 bridgehead atoms. The number of halogens is 4. The zero-order chi connectivity index (χ0) is 14.0. The van der Waals surface area contributed by atoms with E-state index in [0.29, 0.717) is 11.1 Å². The average molecular weight is 287 g/mol. The van der Waals surface area contributed by atoms with Gasteiger partial charge in [-0.25, -0.2) is 18.6 Å². The van der Waals surface area contributed by atoms with Gasteiger partial charge in [0.15, 0.2) is 0 Å². The van der Waals surface area contributed by atoms with Crippen molar-refractivity contribution < 1.29 is 13.2 Å². The van der Waals surface area contributed by atoms with E-state index in [1.807, 2.05) is 0 Å². The van der Waals surface area contributed by atoms with Gasteiger partial charge in [-0.15, -0.1) is 0 Å². The first-order chi connectivity index (χ1) is 9.02. The summed E-state index contributed by atoms with van der Waals surface area (Å²) in [7, 11) is 0. The molecule has 0 saturated carbocycles. The Bertz CT molecular complexity index is 604. The predicted octanol–water partition coefficient (Wildman–Crippen LogP) is 3.31. The van der Waals surface area contributed by atoms with Gasteiger partial charge in [-0.3, -0.25) is 5.84 Å². The van der Waals surface area contributed by atoms with Crippen LogP contribution in [0.15, 0.2) is 36.4 Å². The van der Waals surface area contributed by atoms with Crippen LogP contribution >= 0.6 is 11.6 Å². The van der Waals surface area contributed by atoms with Gasteiger partial charge in [0.25, 0.3) is 0 Å². The summed E-state index contributed by atoms with van der Waals surface area (Å²) in [6.07, 6.45) is 0. The molecule has 2 aromatic carbocycles. The van der Waals surface area contributed by atoms with E-state index in [0.717, 1.165) is 12.1 Å². The van der Waals surface area contributed by atoms with E-state index in [2.05, 4.69) is 5.43 Å². The van der Waals surface area contributed by atoms with Gasteiger partial charge in [-0.2, -0.15) is 0 Å². The lowest BCUT2D eigenvalue weighted by molar-refractivity contribution is 0.522. The minimum atomic E-state index is -0.959. The van der Waals surface area contributed by atoms with E-state index in [4.69, 9.17) is 17.4 Å². The second-order valence-corrected chi connectivity index (χ2v) is 4.37. The van der Waals surface area contributed by atoms with Crippen molar-refractivity contribution >= 4 is 11.6 Å². The molecule has 19 heavy (non-hydrogen) atoms. The summed E-state index contributed by atoms with van der Waals surface area (Å²) in [6.45, 7) is 0. The van der Waals surface area contributed by atoms with Crippen molar-refractivity contribution in [3.63, 3.8) is 0 Å². The summed E-state index contributed by atoms with van der Waals surface area (Å²) >= 11 is 5.78. The predicted molar refractivity (Wildman–Crippen MR) is 66.9 cm³/mol. The Hall–Kier alpha value is -1.56. The molecule has 1 unspecified atom stereocenters. The summed E-state index contributed by atoms with van der Waals surface area (Å²) < 4.78 is 40.3. The molecule has 2 rings (SSSR count). The Morgan fingerprint density at radius 2 is 1.68 bits per heavy atom. The fourth-order valence-corrected chi connectivity index (χ4v) is 2.00. The standard InChI is InChI=1S/C13H10ClF3N2/c14-7-1-4-11(16)10(5-7)13(19-18)9-3-2-8(15)6-12(9)17/h1-6,13,19H,18H2. The number of hydrazine groups is 1. The maximum Gasteiger partial charge on any atom is 0.131 e. The second-order valence-electron chi connectivity index (χ2n) is 3.93. The first-order valence-corrected chi connectivity index (χ1v) is 5.76. The molecule has 1 atom stereocenters. The first kappa shape index (κ1) is 13.9. The van der Waals surface area contributed by atoms with Crippen LogP contribution in [0.1, 0.15) is 17.2 Å². The number of nitrogens with two attached hydrogens (primary N) is 1. The van der Waals surface area contributed by atoms with Crippen LogP contribution < -0.4 is 11.3 Å². The smallest absolute Gasteiger partial charge is 0.131 e. The van der Waals surface area contributed by atoms with Crippen LogP contribution in [0.3, 0.4) is 0 Å². The van der Waals surface area contributed by atoms with Crippen molar-refractivity contribution in [1.82, 2.24) is 5.43 Å². The van der Waals surface area contributed by atoms with Crippen LogP contribution in [0.25, 0.3) is 0 Å². The molecule has 2 aromatic rings. The third-order valence-electron chi connectivity index (χ3n) is 2.71. The normalized spacial score (nSPS) is 12.5. The number of benzene rings is 2. The highest BCUT2D eigenvalue weighted by atomic mass is 35.5. The molecule has 0 aliphatic rings. The minimum absolute atomic E-state index is 0.0325. The van der Waals surface area contributed by atoms with E-state index < -0.39 is 23.5 Å². The summed E-state index contributed by atoms with van der Waals surface area (Å²) in [5.74, 6) is 3.22. The molecule has 0 fully saturated rings. The molecular formula is C13H10ClF3N2. The van der Waals surface area contributed by atoms with Gasteiger partial charge in [-0.05, 0) is 24.3 Å².